The van der Waals surface area contributed by atoms with Crippen LogP contribution in [0.3, 0.4) is 0 Å². The van der Waals surface area contributed by atoms with Gasteiger partial charge in [0.25, 0.3) is 5.91 Å². The van der Waals surface area contributed by atoms with Crippen molar-refractivity contribution < 1.29 is 18.7 Å². The Kier molecular flexibility index (Phi) is 5.30. The first-order valence-electron chi connectivity index (χ1n) is 9.15. The number of ether oxygens (including phenoxy) is 1. The molecule has 1 aliphatic heterocycles. The zero-order chi connectivity index (χ0) is 19.5. The van der Waals surface area contributed by atoms with Crippen molar-refractivity contribution in [2.45, 2.75) is 19.4 Å². The van der Waals surface area contributed by atoms with Crippen LogP contribution in [0, 0.1) is 5.92 Å². The molecule has 0 N–H and O–H groups in total. The molecule has 4 rings (SSSR count). The molecule has 1 saturated heterocycles. The topological polar surface area (TPSA) is 72.6 Å². The zero-order valence-corrected chi connectivity index (χ0v) is 15.9. The molecule has 144 valence electrons. The maximum Gasteiger partial charge on any atom is 0.309 e. The number of benzene rings is 1. The summed E-state index contributed by atoms with van der Waals surface area (Å²) in [4.78, 5) is 30.8. The van der Waals surface area contributed by atoms with Crippen molar-refractivity contribution in [3.8, 4) is 0 Å². The molecule has 3 aromatic rings. The van der Waals surface area contributed by atoms with Crippen molar-refractivity contribution in [3.63, 3.8) is 0 Å². The van der Waals surface area contributed by atoms with Crippen molar-refractivity contribution in [3.05, 3.63) is 65.2 Å². The van der Waals surface area contributed by atoms with E-state index in [9.17, 15) is 9.59 Å². The van der Waals surface area contributed by atoms with E-state index in [-0.39, 0.29) is 24.4 Å². The summed E-state index contributed by atoms with van der Waals surface area (Å²) < 4.78 is 10.6. The largest absolute Gasteiger partial charge is 0.460 e. The summed E-state index contributed by atoms with van der Waals surface area (Å²) in [6.07, 6.45) is 2.61. The number of pyridine rings is 1. The number of halogens is 1. The molecule has 0 saturated carbocycles. The van der Waals surface area contributed by atoms with Crippen LogP contribution in [0.25, 0.3) is 10.9 Å². The average molecular weight is 399 g/mol. The standard InChI is InChI=1S/C21H19ClN2O4/c22-19-16(12-15-4-1-2-5-17(15)23-19)13-28-21(26)14-7-9-24(10-8-14)20(25)18-6-3-11-27-18/h1-6,11-12,14H,7-10,13H2. The maximum atomic E-state index is 12.4. The molecular formula is C21H19ClN2O4. The number of carbonyl (C=O) groups is 2. The second-order valence-electron chi connectivity index (χ2n) is 6.78. The van der Waals surface area contributed by atoms with Gasteiger partial charge in [-0.1, -0.05) is 29.8 Å². The van der Waals surface area contributed by atoms with Gasteiger partial charge in [-0.2, -0.15) is 0 Å². The summed E-state index contributed by atoms with van der Waals surface area (Å²) in [6, 6.07) is 12.9. The number of likely N-dealkylation sites (tertiary alicyclic amines) is 1. The molecule has 28 heavy (non-hydrogen) atoms. The molecule has 0 aliphatic carbocycles. The van der Waals surface area contributed by atoms with Crippen molar-refractivity contribution in [1.82, 2.24) is 9.88 Å². The van der Waals surface area contributed by atoms with Crippen LogP contribution in [-0.2, 0) is 16.1 Å². The maximum absolute atomic E-state index is 12.4. The lowest BCUT2D eigenvalue weighted by atomic mass is 9.97. The number of aromatic nitrogens is 1. The molecule has 1 amide bonds. The summed E-state index contributed by atoms with van der Waals surface area (Å²) in [6.45, 7) is 1.08. The number of amides is 1. The molecule has 2 aromatic heterocycles. The van der Waals surface area contributed by atoms with Gasteiger partial charge in [0, 0.05) is 24.0 Å². The number of rotatable bonds is 4. The first-order chi connectivity index (χ1) is 13.6. The highest BCUT2D eigenvalue weighted by molar-refractivity contribution is 6.30. The smallest absolute Gasteiger partial charge is 0.309 e. The van der Waals surface area contributed by atoms with E-state index >= 15 is 0 Å². The molecule has 1 aromatic carbocycles. The number of hydrogen-bond donors (Lipinski definition) is 0. The van der Waals surface area contributed by atoms with Gasteiger partial charge in [-0.3, -0.25) is 9.59 Å². The minimum Gasteiger partial charge on any atom is -0.460 e. The SMILES string of the molecule is O=C(OCc1cc2ccccc2nc1Cl)C1CCN(C(=O)c2ccco2)CC1. The van der Waals surface area contributed by atoms with Gasteiger partial charge in [0.05, 0.1) is 17.7 Å². The third-order valence-corrected chi connectivity index (χ3v) is 5.29. The van der Waals surface area contributed by atoms with Crippen LogP contribution in [0.5, 0.6) is 0 Å². The Morgan fingerprint density at radius 1 is 1.18 bits per heavy atom. The number of esters is 1. The summed E-state index contributed by atoms with van der Waals surface area (Å²) >= 11 is 6.22. The van der Waals surface area contributed by atoms with Crippen LogP contribution in [0.2, 0.25) is 5.15 Å². The minimum atomic E-state index is -0.269. The van der Waals surface area contributed by atoms with E-state index in [4.69, 9.17) is 20.8 Å². The van der Waals surface area contributed by atoms with Gasteiger partial charge in [-0.05, 0) is 37.1 Å². The van der Waals surface area contributed by atoms with Crippen LogP contribution in [-0.4, -0.2) is 34.8 Å². The van der Waals surface area contributed by atoms with Gasteiger partial charge >= 0.3 is 5.97 Å². The fraction of sp³-hybridized carbons (Fsp3) is 0.286. The van der Waals surface area contributed by atoms with Gasteiger partial charge in [-0.25, -0.2) is 4.98 Å². The summed E-state index contributed by atoms with van der Waals surface area (Å²) in [5.41, 5.74) is 1.48. The van der Waals surface area contributed by atoms with Crippen LogP contribution < -0.4 is 0 Å². The van der Waals surface area contributed by atoms with E-state index in [0.717, 1.165) is 10.9 Å². The Morgan fingerprint density at radius 3 is 2.71 bits per heavy atom. The molecule has 3 heterocycles. The number of para-hydroxylation sites is 1. The molecule has 0 atom stereocenters. The normalized spacial score (nSPS) is 15.0. The number of furan rings is 1. The molecular weight excluding hydrogens is 380 g/mol. The van der Waals surface area contributed by atoms with E-state index in [2.05, 4.69) is 4.98 Å². The Morgan fingerprint density at radius 2 is 1.96 bits per heavy atom. The van der Waals surface area contributed by atoms with Crippen molar-refractivity contribution in [2.24, 2.45) is 5.92 Å². The van der Waals surface area contributed by atoms with E-state index in [1.54, 1.807) is 17.0 Å². The quantitative estimate of drug-likeness (QED) is 0.489. The first-order valence-corrected chi connectivity index (χ1v) is 9.53. The molecule has 0 unspecified atom stereocenters. The van der Waals surface area contributed by atoms with E-state index in [0.29, 0.717) is 42.4 Å². The highest BCUT2D eigenvalue weighted by Gasteiger charge is 2.29. The summed E-state index contributed by atoms with van der Waals surface area (Å²) in [5.74, 6) is -0.326. The van der Waals surface area contributed by atoms with Crippen LogP contribution in [0.1, 0.15) is 29.0 Å². The van der Waals surface area contributed by atoms with Crippen molar-refractivity contribution >= 4 is 34.4 Å². The second-order valence-corrected chi connectivity index (χ2v) is 7.14. The lowest BCUT2D eigenvalue weighted by Crippen LogP contribution is -2.40. The second kappa shape index (κ2) is 8.02. The van der Waals surface area contributed by atoms with Crippen LogP contribution in [0.15, 0.2) is 53.1 Å². The highest BCUT2D eigenvalue weighted by atomic mass is 35.5. The zero-order valence-electron chi connectivity index (χ0n) is 15.1. The molecule has 0 bridgehead atoms. The Hall–Kier alpha value is -2.86. The minimum absolute atomic E-state index is 0.0844. The number of hydrogen-bond acceptors (Lipinski definition) is 5. The summed E-state index contributed by atoms with van der Waals surface area (Å²) in [5, 5.41) is 1.29. The predicted molar refractivity (Wildman–Crippen MR) is 104 cm³/mol. The Balaban J connectivity index is 1.33. The molecule has 0 spiro atoms. The van der Waals surface area contributed by atoms with E-state index in [1.807, 2.05) is 30.3 Å². The molecule has 6 nitrogen and oxygen atoms in total. The molecule has 7 heteroatoms. The third-order valence-electron chi connectivity index (χ3n) is 4.97. The average Bonchev–Trinajstić information content (AvgIpc) is 3.26. The van der Waals surface area contributed by atoms with Crippen molar-refractivity contribution in [2.75, 3.05) is 13.1 Å². The van der Waals surface area contributed by atoms with Gasteiger partial charge < -0.3 is 14.1 Å². The lowest BCUT2D eigenvalue weighted by Gasteiger charge is -2.30. The van der Waals surface area contributed by atoms with Gasteiger partial charge in [-0.15, -0.1) is 0 Å². The monoisotopic (exact) mass is 398 g/mol. The molecule has 1 aliphatic rings. The van der Waals surface area contributed by atoms with Crippen molar-refractivity contribution in [1.29, 1.82) is 0 Å². The first kappa shape index (κ1) is 18.5. The van der Waals surface area contributed by atoms with Crippen LogP contribution in [0.4, 0.5) is 0 Å². The van der Waals surface area contributed by atoms with Gasteiger partial charge in [0.2, 0.25) is 0 Å². The van der Waals surface area contributed by atoms with Gasteiger partial charge in [0.1, 0.15) is 11.8 Å². The number of fused-ring (bicyclic) bond motifs is 1. The van der Waals surface area contributed by atoms with E-state index < -0.39 is 0 Å². The predicted octanol–water partition coefficient (Wildman–Crippen LogP) is 4.08. The fourth-order valence-corrected chi connectivity index (χ4v) is 3.58. The number of piperidine rings is 1. The Labute approximate surface area is 167 Å². The Bertz CT molecular complexity index is 995. The summed E-state index contributed by atoms with van der Waals surface area (Å²) in [7, 11) is 0. The third kappa shape index (κ3) is 3.87. The van der Waals surface area contributed by atoms with Crippen LogP contribution >= 0.6 is 11.6 Å². The van der Waals surface area contributed by atoms with E-state index in [1.165, 1.54) is 6.26 Å². The van der Waals surface area contributed by atoms with Gasteiger partial charge in [0.15, 0.2) is 5.76 Å². The number of carbonyl (C=O) groups excluding carboxylic acids is 2. The number of nitrogens with zero attached hydrogens (tertiary/aromatic N) is 2. The lowest BCUT2D eigenvalue weighted by molar-refractivity contribution is -0.151. The molecule has 0 radical (unpaired) electrons. The highest BCUT2D eigenvalue weighted by Crippen LogP contribution is 2.24. The molecule has 1 fully saturated rings. The fourth-order valence-electron chi connectivity index (χ4n) is 3.38.